The molecule has 134 valence electrons. The third kappa shape index (κ3) is 3.88. The molecule has 7 nitrogen and oxygen atoms in total. The van der Waals surface area contributed by atoms with Gasteiger partial charge in [-0.15, -0.1) is 5.10 Å². The van der Waals surface area contributed by atoms with Crippen molar-refractivity contribution in [1.82, 2.24) is 29.8 Å². The molecule has 1 saturated heterocycles. The minimum absolute atomic E-state index is 0.167. The molecule has 1 unspecified atom stereocenters. The van der Waals surface area contributed by atoms with Gasteiger partial charge in [-0.25, -0.2) is 9.50 Å². The molecule has 1 atom stereocenters. The Labute approximate surface area is 152 Å². The highest BCUT2D eigenvalue weighted by Gasteiger charge is 2.21. The lowest BCUT2D eigenvalue weighted by molar-refractivity contribution is 0.0920. The molecule has 0 aliphatic carbocycles. The van der Waals surface area contributed by atoms with E-state index in [-0.39, 0.29) is 11.7 Å². The summed E-state index contributed by atoms with van der Waals surface area (Å²) >= 11 is 0. The summed E-state index contributed by atoms with van der Waals surface area (Å²) in [7, 11) is 0. The van der Waals surface area contributed by atoms with Crippen LogP contribution in [0.5, 0.6) is 0 Å². The van der Waals surface area contributed by atoms with E-state index in [0.29, 0.717) is 18.2 Å². The molecule has 1 aliphatic heterocycles. The van der Waals surface area contributed by atoms with E-state index in [4.69, 9.17) is 0 Å². The first-order valence-electron chi connectivity index (χ1n) is 9.00. The maximum Gasteiger partial charge on any atom is 0.291 e. The number of likely N-dealkylation sites (tertiary alicyclic amines) is 1. The van der Waals surface area contributed by atoms with Crippen LogP contribution < -0.4 is 5.32 Å². The van der Waals surface area contributed by atoms with Gasteiger partial charge in [-0.3, -0.25) is 9.69 Å². The number of hydrogen-bond acceptors (Lipinski definition) is 5. The molecule has 1 fully saturated rings. The van der Waals surface area contributed by atoms with Crippen LogP contribution in [-0.4, -0.2) is 50.0 Å². The van der Waals surface area contributed by atoms with Gasteiger partial charge in [0.2, 0.25) is 5.82 Å². The molecule has 2 aromatic heterocycles. The summed E-state index contributed by atoms with van der Waals surface area (Å²) in [4.78, 5) is 23.1. The number of aromatic nitrogens is 4. The van der Waals surface area contributed by atoms with Crippen molar-refractivity contribution in [2.45, 2.75) is 19.4 Å². The van der Waals surface area contributed by atoms with Crippen molar-refractivity contribution in [3.63, 3.8) is 0 Å². The number of rotatable bonds is 5. The highest BCUT2D eigenvalue weighted by molar-refractivity contribution is 5.90. The number of hydrogen-bond donors (Lipinski definition) is 1. The summed E-state index contributed by atoms with van der Waals surface area (Å²) in [6, 6.07) is 12.3. The highest BCUT2D eigenvalue weighted by Crippen LogP contribution is 2.18. The van der Waals surface area contributed by atoms with Gasteiger partial charge in [-0.1, -0.05) is 30.3 Å². The molecule has 0 radical (unpaired) electrons. The third-order valence-corrected chi connectivity index (χ3v) is 4.72. The molecule has 0 bridgehead atoms. The standard InChI is InChI=1S/C19H22N6O/c26-18(17-22-19-20-9-5-11-25(19)23-17)21-12-16-8-4-10-24(14-16)13-15-6-2-1-3-7-15/h1-3,5-7,9,11,16H,4,8,10,12-14H2,(H,21,26). The minimum Gasteiger partial charge on any atom is -0.349 e. The molecule has 0 spiro atoms. The van der Waals surface area contributed by atoms with Gasteiger partial charge in [0.05, 0.1) is 0 Å². The normalized spacial score (nSPS) is 18.1. The average molecular weight is 350 g/mol. The quantitative estimate of drug-likeness (QED) is 0.759. The predicted octanol–water partition coefficient (Wildman–Crippen LogP) is 1.77. The van der Waals surface area contributed by atoms with Crippen LogP contribution in [0.25, 0.3) is 5.78 Å². The maximum absolute atomic E-state index is 12.3. The van der Waals surface area contributed by atoms with Crippen molar-refractivity contribution in [2.75, 3.05) is 19.6 Å². The van der Waals surface area contributed by atoms with Crippen LogP contribution in [0.4, 0.5) is 0 Å². The summed E-state index contributed by atoms with van der Waals surface area (Å²) < 4.78 is 1.51. The Balaban J connectivity index is 1.31. The summed E-state index contributed by atoms with van der Waals surface area (Å²) in [6.45, 7) is 3.71. The Hall–Kier alpha value is -2.80. The molecule has 1 aliphatic rings. The Morgan fingerprint density at radius 1 is 1.23 bits per heavy atom. The van der Waals surface area contributed by atoms with E-state index in [1.165, 1.54) is 10.1 Å². The largest absolute Gasteiger partial charge is 0.349 e. The molecule has 26 heavy (non-hydrogen) atoms. The van der Waals surface area contributed by atoms with Gasteiger partial charge in [0.1, 0.15) is 0 Å². The second kappa shape index (κ2) is 7.61. The smallest absolute Gasteiger partial charge is 0.291 e. The monoisotopic (exact) mass is 350 g/mol. The fourth-order valence-electron chi connectivity index (χ4n) is 3.45. The first-order chi connectivity index (χ1) is 12.8. The summed E-state index contributed by atoms with van der Waals surface area (Å²) in [5.74, 6) is 0.812. The predicted molar refractivity (Wildman–Crippen MR) is 97.6 cm³/mol. The van der Waals surface area contributed by atoms with Crippen LogP contribution in [0.15, 0.2) is 48.8 Å². The number of carbonyl (C=O) groups excluding carboxylic acids is 1. The van der Waals surface area contributed by atoms with Crippen molar-refractivity contribution < 1.29 is 4.79 Å². The Kier molecular flexibility index (Phi) is 4.88. The first-order valence-corrected chi connectivity index (χ1v) is 9.00. The average Bonchev–Trinajstić information content (AvgIpc) is 3.12. The number of piperidine rings is 1. The zero-order chi connectivity index (χ0) is 17.8. The molecule has 1 N–H and O–H groups in total. The highest BCUT2D eigenvalue weighted by atomic mass is 16.2. The molecular formula is C19H22N6O. The number of benzene rings is 1. The summed E-state index contributed by atoms with van der Waals surface area (Å²) in [5, 5.41) is 7.15. The van der Waals surface area contributed by atoms with Gasteiger partial charge in [-0.05, 0) is 36.9 Å². The number of nitrogens with one attached hydrogen (secondary N) is 1. The molecule has 7 heteroatoms. The topological polar surface area (TPSA) is 75.4 Å². The van der Waals surface area contributed by atoms with Crippen molar-refractivity contribution in [3.05, 3.63) is 60.2 Å². The zero-order valence-corrected chi connectivity index (χ0v) is 14.6. The van der Waals surface area contributed by atoms with Crippen LogP contribution in [0, 0.1) is 5.92 Å². The van der Waals surface area contributed by atoms with Crippen molar-refractivity contribution in [2.24, 2.45) is 5.92 Å². The van der Waals surface area contributed by atoms with E-state index in [1.807, 2.05) is 6.07 Å². The van der Waals surface area contributed by atoms with Gasteiger partial charge in [0.25, 0.3) is 11.7 Å². The Morgan fingerprint density at radius 2 is 2.12 bits per heavy atom. The second-order valence-corrected chi connectivity index (χ2v) is 6.74. The van der Waals surface area contributed by atoms with E-state index in [2.05, 4.69) is 49.5 Å². The second-order valence-electron chi connectivity index (χ2n) is 6.74. The summed E-state index contributed by atoms with van der Waals surface area (Å²) in [6.07, 6.45) is 5.65. The molecule has 1 amide bonds. The molecular weight excluding hydrogens is 328 g/mol. The molecule has 4 rings (SSSR count). The van der Waals surface area contributed by atoms with Crippen LogP contribution in [0.1, 0.15) is 29.0 Å². The Bertz CT molecular complexity index is 845. The van der Waals surface area contributed by atoms with Crippen molar-refractivity contribution in [1.29, 1.82) is 0 Å². The van der Waals surface area contributed by atoms with Crippen LogP contribution in [-0.2, 0) is 6.54 Å². The van der Waals surface area contributed by atoms with Gasteiger partial charge in [0.15, 0.2) is 0 Å². The van der Waals surface area contributed by atoms with Gasteiger partial charge >= 0.3 is 0 Å². The zero-order valence-electron chi connectivity index (χ0n) is 14.6. The molecule has 3 heterocycles. The van der Waals surface area contributed by atoms with Gasteiger partial charge < -0.3 is 5.32 Å². The first kappa shape index (κ1) is 16.7. The Morgan fingerprint density at radius 3 is 2.96 bits per heavy atom. The number of nitrogens with zero attached hydrogens (tertiary/aromatic N) is 5. The van der Waals surface area contributed by atoms with E-state index in [0.717, 1.165) is 32.5 Å². The lowest BCUT2D eigenvalue weighted by Gasteiger charge is -2.32. The van der Waals surface area contributed by atoms with Crippen LogP contribution >= 0.6 is 0 Å². The lowest BCUT2D eigenvalue weighted by atomic mass is 9.97. The van der Waals surface area contributed by atoms with Crippen molar-refractivity contribution in [3.8, 4) is 0 Å². The molecule has 3 aromatic rings. The number of amides is 1. The lowest BCUT2D eigenvalue weighted by Crippen LogP contribution is -2.40. The SMILES string of the molecule is O=C(NCC1CCCN(Cc2ccccc2)C1)c1nc2ncccn2n1. The fourth-order valence-corrected chi connectivity index (χ4v) is 3.45. The van der Waals surface area contributed by atoms with Gasteiger partial charge in [0, 0.05) is 32.0 Å². The van der Waals surface area contributed by atoms with Crippen LogP contribution in [0.3, 0.4) is 0 Å². The number of fused-ring (bicyclic) bond motifs is 1. The third-order valence-electron chi connectivity index (χ3n) is 4.72. The summed E-state index contributed by atoms with van der Waals surface area (Å²) in [5.41, 5.74) is 1.33. The van der Waals surface area contributed by atoms with Crippen molar-refractivity contribution >= 4 is 11.7 Å². The number of carbonyl (C=O) groups is 1. The van der Waals surface area contributed by atoms with E-state index in [9.17, 15) is 4.79 Å². The maximum atomic E-state index is 12.3. The van der Waals surface area contributed by atoms with Crippen LogP contribution in [0.2, 0.25) is 0 Å². The minimum atomic E-state index is -0.240. The van der Waals surface area contributed by atoms with E-state index in [1.54, 1.807) is 18.5 Å². The molecule has 0 saturated carbocycles. The van der Waals surface area contributed by atoms with E-state index >= 15 is 0 Å². The van der Waals surface area contributed by atoms with E-state index < -0.39 is 0 Å². The fraction of sp³-hybridized carbons (Fsp3) is 0.368. The molecule has 1 aromatic carbocycles. The van der Waals surface area contributed by atoms with Gasteiger partial charge in [-0.2, -0.15) is 4.98 Å².